The van der Waals surface area contributed by atoms with Crippen molar-refractivity contribution >= 4 is 39.5 Å². The lowest BCUT2D eigenvalue weighted by Crippen LogP contribution is -2.23. The summed E-state index contributed by atoms with van der Waals surface area (Å²) >= 11 is 3.42. The van der Waals surface area contributed by atoms with Gasteiger partial charge in [-0.15, -0.1) is 0 Å². The Labute approximate surface area is 217 Å². The Morgan fingerprint density at radius 1 is 1.00 bits per heavy atom. The molecule has 2 N–H and O–H groups in total. The Balaban J connectivity index is 1.70. The number of amides is 2. The fourth-order valence-electron chi connectivity index (χ4n) is 3.22. The molecule has 0 spiro atoms. The van der Waals surface area contributed by atoms with Crippen LogP contribution >= 0.6 is 15.9 Å². The standard InChI is InChI=1S/C27H24BrN3O5/c1-34-23-11-7-6-10-22(23)31-25(32)17-36-26-21(28)13-19(14-24(26)35-2)12-20(15-29)27(33)30-16-18-8-4-3-5-9-18/h3-14H,16-17H2,1-2H3,(H,30,33)(H,31,32)/b20-12+. The van der Waals surface area contributed by atoms with Crippen LogP contribution in [0.2, 0.25) is 0 Å². The first-order chi connectivity index (χ1) is 17.4. The minimum Gasteiger partial charge on any atom is -0.495 e. The van der Waals surface area contributed by atoms with Crippen LogP contribution in [0.15, 0.2) is 76.8 Å². The summed E-state index contributed by atoms with van der Waals surface area (Å²) in [6.45, 7) is 0.0168. The summed E-state index contributed by atoms with van der Waals surface area (Å²) in [5, 5.41) is 15.0. The normalized spacial score (nSPS) is 10.7. The molecule has 0 saturated carbocycles. The molecule has 3 aromatic rings. The molecule has 9 heteroatoms. The van der Waals surface area contributed by atoms with E-state index in [1.807, 2.05) is 36.4 Å². The van der Waals surface area contributed by atoms with Crippen molar-refractivity contribution in [2.45, 2.75) is 6.54 Å². The van der Waals surface area contributed by atoms with Gasteiger partial charge in [-0.2, -0.15) is 5.26 Å². The number of halogens is 1. The first-order valence-corrected chi connectivity index (χ1v) is 11.6. The van der Waals surface area contributed by atoms with Gasteiger partial charge in [-0.3, -0.25) is 9.59 Å². The molecule has 3 rings (SSSR count). The summed E-state index contributed by atoms with van der Waals surface area (Å²) in [5.41, 5.74) is 1.92. The third kappa shape index (κ3) is 7.10. The summed E-state index contributed by atoms with van der Waals surface area (Å²) in [4.78, 5) is 24.9. The zero-order valence-electron chi connectivity index (χ0n) is 19.7. The molecule has 184 valence electrons. The maximum atomic E-state index is 12.5. The minimum absolute atomic E-state index is 0.0651. The van der Waals surface area contributed by atoms with Gasteiger partial charge in [0.15, 0.2) is 18.1 Å². The minimum atomic E-state index is -0.496. The number of nitrogens with one attached hydrogen (secondary N) is 2. The average Bonchev–Trinajstić information content (AvgIpc) is 2.90. The van der Waals surface area contributed by atoms with Crippen LogP contribution in [-0.4, -0.2) is 32.6 Å². The van der Waals surface area contributed by atoms with Crippen LogP contribution in [0.5, 0.6) is 17.2 Å². The molecule has 3 aromatic carbocycles. The number of para-hydroxylation sites is 2. The first-order valence-electron chi connectivity index (χ1n) is 10.8. The van der Waals surface area contributed by atoms with Gasteiger partial charge in [-0.05, 0) is 57.4 Å². The number of hydrogen-bond acceptors (Lipinski definition) is 6. The number of carbonyl (C=O) groups is 2. The van der Waals surface area contributed by atoms with Crippen molar-refractivity contribution in [1.29, 1.82) is 5.26 Å². The lowest BCUT2D eigenvalue weighted by atomic mass is 10.1. The van der Waals surface area contributed by atoms with E-state index in [1.165, 1.54) is 20.3 Å². The molecule has 0 aliphatic rings. The van der Waals surface area contributed by atoms with Crippen LogP contribution in [-0.2, 0) is 16.1 Å². The van der Waals surface area contributed by atoms with E-state index in [0.717, 1.165) is 5.56 Å². The summed E-state index contributed by atoms with van der Waals surface area (Å²) in [6, 6.07) is 21.6. The largest absolute Gasteiger partial charge is 0.495 e. The fourth-order valence-corrected chi connectivity index (χ4v) is 3.80. The molecule has 0 radical (unpaired) electrons. The lowest BCUT2D eigenvalue weighted by Gasteiger charge is -2.14. The van der Waals surface area contributed by atoms with Crippen LogP contribution in [0.25, 0.3) is 6.08 Å². The van der Waals surface area contributed by atoms with Gasteiger partial charge in [0.05, 0.1) is 24.4 Å². The van der Waals surface area contributed by atoms with Gasteiger partial charge in [0, 0.05) is 6.54 Å². The molecule has 8 nitrogen and oxygen atoms in total. The van der Waals surface area contributed by atoms with Gasteiger partial charge in [0.25, 0.3) is 11.8 Å². The zero-order valence-corrected chi connectivity index (χ0v) is 21.3. The Hall–Kier alpha value is -4.29. The monoisotopic (exact) mass is 549 g/mol. The second kappa shape index (κ2) is 13.0. The van der Waals surface area contributed by atoms with E-state index in [4.69, 9.17) is 14.2 Å². The fraction of sp³-hybridized carbons (Fsp3) is 0.148. The smallest absolute Gasteiger partial charge is 0.262 e. The van der Waals surface area contributed by atoms with Gasteiger partial charge >= 0.3 is 0 Å². The topological polar surface area (TPSA) is 110 Å². The quantitative estimate of drug-likeness (QED) is 0.280. The van der Waals surface area contributed by atoms with E-state index in [-0.39, 0.29) is 18.1 Å². The Kier molecular flexibility index (Phi) is 9.48. The lowest BCUT2D eigenvalue weighted by molar-refractivity contribution is -0.118. The van der Waals surface area contributed by atoms with Crippen LogP contribution in [0.1, 0.15) is 11.1 Å². The van der Waals surface area contributed by atoms with Gasteiger partial charge < -0.3 is 24.8 Å². The molecule has 0 aliphatic carbocycles. The van der Waals surface area contributed by atoms with Crippen molar-refractivity contribution in [3.63, 3.8) is 0 Å². The van der Waals surface area contributed by atoms with Crippen LogP contribution in [0.4, 0.5) is 5.69 Å². The molecule has 0 atom stereocenters. The number of methoxy groups -OCH3 is 2. The number of carbonyl (C=O) groups excluding carboxylic acids is 2. The van der Waals surface area contributed by atoms with Gasteiger partial charge in [0.1, 0.15) is 17.4 Å². The summed E-state index contributed by atoms with van der Waals surface area (Å²) in [5.74, 6) is 0.269. The second-order valence-electron chi connectivity index (χ2n) is 7.41. The first kappa shape index (κ1) is 26.3. The maximum Gasteiger partial charge on any atom is 0.262 e. The van der Waals surface area contributed by atoms with Crippen molar-refractivity contribution in [1.82, 2.24) is 5.32 Å². The number of rotatable bonds is 10. The zero-order chi connectivity index (χ0) is 25.9. The van der Waals surface area contributed by atoms with Crippen LogP contribution < -0.4 is 24.8 Å². The van der Waals surface area contributed by atoms with Crippen molar-refractivity contribution < 1.29 is 23.8 Å². The third-order valence-electron chi connectivity index (χ3n) is 4.95. The molecule has 0 fully saturated rings. The number of hydrogen-bond donors (Lipinski definition) is 2. The van der Waals surface area contributed by atoms with Gasteiger partial charge in [-0.1, -0.05) is 42.5 Å². The number of benzene rings is 3. The molecule has 2 amide bonds. The van der Waals surface area contributed by atoms with Crippen molar-refractivity contribution in [3.8, 4) is 23.3 Å². The highest BCUT2D eigenvalue weighted by molar-refractivity contribution is 9.10. The van der Waals surface area contributed by atoms with E-state index in [1.54, 1.807) is 36.4 Å². The number of anilines is 1. The van der Waals surface area contributed by atoms with E-state index in [2.05, 4.69) is 26.6 Å². The average molecular weight is 550 g/mol. The van der Waals surface area contributed by atoms with Crippen molar-refractivity contribution in [2.24, 2.45) is 0 Å². The maximum absolute atomic E-state index is 12.5. The highest BCUT2D eigenvalue weighted by Gasteiger charge is 2.16. The molecule has 0 saturated heterocycles. The number of nitriles is 1. The number of nitrogens with zero attached hydrogens (tertiary/aromatic N) is 1. The Morgan fingerprint density at radius 3 is 2.39 bits per heavy atom. The van der Waals surface area contributed by atoms with E-state index in [0.29, 0.717) is 39.5 Å². The number of ether oxygens (including phenoxy) is 3. The summed E-state index contributed by atoms with van der Waals surface area (Å²) < 4.78 is 16.8. The van der Waals surface area contributed by atoms with Gasteiger partial charge in [-0.25, -0.2) is 0 Å². The van der Waals surface area contributed by atoms with Crippen molar-refractivity contribution in [2.75, 3.05) is 26.1 Å². The van der Waals surface area contributed by atoms with Crippen molar-refractivity contribution in [3.05, 3.63) is 87.9 Å². The summed E-state index contributed by atoms with van der Waals surface area (Å²) in [7, 11) is 2.97. The third-order valence-corrected chi connectivity index (χ3v) is 5.54. The Morgan fingerprint density at radius 2 is 1.69 bits per heavy atom. The molecule has 36 heavy (non-hydrogen) atoms. The Bertz CT molecular complexity index is 1300. The predicted molar refractivity (Wildman–Crippen MR) is 140 cm³/mol. The SMILES string of the molecule is COc1ccccc1NC(=O)COc1c(Br)cc(/C=C(\C#N)C(=O)NCc2ccccc2)cc1OC. The van der Waals surface area contributed by atoms with E-state index in [9.17, 15) is 14.9 Å². The molecule has 0 heterocycles. The van der Waals surface area contributed by atoms with E-state index < -0.39 is 5.91 Å². The highest BCUT2D eigenvalue weighted by Crippen LogP contribution is 2.37. The molecule has 0 unspecified atom stereocenters. The molecule has 0 bridgehead atoms. The molecule has 0 aromatic heterocycles. The second-order valence-corrected chi connectivity index (χ2v) is 8.26. The van der Waals surface area contributed by atoms with Gasteiger partial charge in [0.2, 0.25) is 0 Å². The molecular formula is C27H24BrN3O5. The highest BCUT2D eigenvalue weighted by atomic mass is 79.9. The van der Waals surface area contributed by atoms with E-state index >= 15 is 0 Å². The summed E-state index contributed by atoms with van der Waals surface area (Å²) in [6.07, 6.45) is 1.45. The molecular weight excluding hydrogens is 526 g/mol. The van der Waals surface area contributed by atoms with Crippen LogP contribution in [0.3, 0.4) is 0 Å². The predicted octanol–water partition coefficient (Wildman–Crippen LogP) is 4.71. The van der Waals surface area contributed by atoms with Crippen LogP contribution in [0, 0.1) is 11.3 Å². The molecule has 0 aliphatic heterocycles.